The van der Waals surface area contributed by atoms with Crippen molar-refractivity contribution >= 4 is 17.4 Å². The lowest BCUT2D eigenvalue weighted by atomic mass is 10.2. The standard InChI is InChI=1S/C13H14N2S/c1-16-13-4-2-12(3-5-13)15-10-11-6-8-14-9-7-11/h2-9,15H,10H2,1H3. The molecule has 0 saturated heterocycles. The first-order valence-electron chi connectivity index (χ1n) is 5.15. The zero-order valence-electron chi connectivity index (χ0n) is 9.18. The van der Waals surface area contributed by atoms with Gasteiger partial charge in [0.15, 0.2) is 0 Å². The van der Waals surface area contributed by atoms with Crippen molar-refractivity contribution in [1.82, 2.24) is 4.98 Å². The molecule has 0 aliphatic carbocycles. The third-order valence-electron chi connectivity index (χ3n) is 2.34. The number of nitrogens with zero attached hydrogens (tertiary/aromatic N) is 1. The van der Waals surface area contributed by atoms with Crippen LogP contribution in [0, 0.1) is 0 Å². The number of nitrogens with one attached hydrogen (secondary N) is 1. The SMILES string of the molecule is CSc1ccc(NCc2ccncc2)cc1. The van der Waals surface area contributed by atoms with E-state index in [2.05, 4.69) is 40.8 Å². The largest absolute Gasteiger partial charge is 0.381 e. The van der Waals surface area contributed by atoms with Crippen LogP contribution in [0.25, 0.3) is 0 Å². The van der Waals surface area contributed by atoms with Crippen LogP contribution in [0.1, 0.15) is 5.56 Å². The molecule has 0 fully saturated rings. The fourth-order valence-corrected chi connectivity index (χ4v) is 1.82. The van der Waals surface area contributed by atoms with Crippen LogP contribution in [0.5, 0.6) is 0 Å². The Balaban J connectivity index is 1.94. The second-order valence-electron chi connectivity index (χ2n) is 3.44. The van der Waals surface area contributed by atoms with Gasteiger partial charge in [0.2, 0.25) is 0 Å². The van der Waals surface area contributed by atoms with Crippen molar-refractivity contribution in [2.24, 2.45) is 0 Å². The monoisotopic (exact) mass is 230 g/mol. The fraction of sp³-hybridized carbons (Fsp3) is 0.154. The molecule has 2 rings (SSSR count). The fourth-order valence-electron chi connectivity index (χ4n) is 1.41. The summed E-state index contributed by atoms with van der Waals surface area (Å²) in [6.45, 7) is 0.834. The van der Waals surface area contributed by atoms with Crippen LogP contribution in [-0.2, 0) is 6.54 Å². The quantitative estimate of drug-likeness (QED) is 0.815. The first kappa shape index (κ1) is 11.0. The molecule has 1 N–H and O–H groups in total. The van der Waals surface area contributed by atoms with Crippen molar-refractivity contribution in [3.05, 3.63) is 54.4 Å². The van der Waals surface area contributed by atoms with Crippen molar-refractivity contribution in [3.8, 4) is 0 Å². The van der Waals surface area contributed by atoms with Gasteiger partial charge in [-0.2, -0.15) is 0 Å². The molecule has 1 aromatic carbocycles. The number of benzene rings is 1. The lowest BCUT2D eigenvalue weighted by molar-refractivity contribution is 1.13. The van der Waals surface area contributed by atoms with E-state index in [1.807, 2.05) is 24.5 Å². The molecule has 0 amide bonds. The van der Waals surface area contributed by atoms with E-state index in [0.717, 1.165) is 12.2 Å². The Bertz CT molecular complexity index is 425. The van der Waals surface area contributed by atoms with Crippen LogP contribution >= 0.6 is 11.8 Å². The molecule has 82 valence electrons. The summed E-state index contributed by atoms with van der Waals surface area (Å²) in [7, 11) is 0. The van der Waals surface area contributed by atoms with E-state index < -0.39 is 0 Å². The molecule has 0 unspecified atom stereocenters. The van der Waals surface area contributed by atoms with Crippen LogP contribution < -0.4 is 5.32 Å². The molecule has 0 aliphatic heterocycles. The maximum absolute atomic E-state index is 3.99. The van der Waals surface area contributed by atoms with E-state index in [9.17, 15) is 0 Å². The number of hydrogen-bond acceptors (Lipinski definition) is 3. The van der Waals surface area contributed by atoms with Crippen molar-refractivity contribution in [3.63, 3.8) is 0 Å². The predicted molar refractivity (Wildman–Crippen MR) is 69.8 cm³/mol. The van der Waals surface area contributed by atoms with Crippen molar-refractivity contribution in [1.29, 1.82) is 0 Å². The average Bonchev–Trinajstić information content (AvgIpc) is 2.38. The van der Waals surface area contributed by atoms with E-state index in [1.165, 1.54) is 10.5 Å². The Morgan fingerprint density at radius 1 is 1.06 bits per heavy atom. The number of hydrogen-bond donors (Lipinski definition) is 1. The summed E-state index contributed by atoms with van der Waals surface area (Å²) < 4.78 is 0. The van der Waals surface area contributed by atoms with E-state index in [1.54, 1.807) is 11.8 Å². The lowest BCUT2D eigenvalue weighted by Crippen LogP contribution is -1.98. The molecule has 3 heteroatoms. The molecule has 0 bridgehead atoms. The summed E-state index contributed by atoms with van der Waals surface area (Å²) in [5.74, 6) is 0. The third-order valence-corrected chi connectivity index (χ3v) is 3.08. The van der Waals surface area contributed by atoms with E-state index >= 15 is 0 Å². The lowest BCUT2D eigenvalue weighted by Gasteiger charge is -2.06. The highest BCUT2D eigenvalue weighted by molar-refractivity contribution is 7.98. The molecule has 2 nitrogen and oxygen atoms in total. The maximum atomic E-state index is 3.99. The van der Waals surface area contributed by atoms with Crippen molar-refractivity contribution in [2.45, 2.75) is 11.4 Å². The van der Waals surface area contributed by atoms with Gasteiger partial charge in [-0.05, 0) is 48.2 Å². The second-order valence-corrected chi connectivity index (χ2v) is 4.32. The van der Waals surface area contributed by atoms with Crippen LogP contribution in [0.4, 0.5) is 5.69 Å². The number of pyridine rings is 1. The van der Waals surface area contributed by atoms with Gasteiger partial charge in [0.05, 0.1) is 0 Å². The van der Waals surface area contributed by atoms with Crippen LogP contribution in [0.15, 0.2) is 53.7 Å². The van der Waals surface area contributed by atoms with E-state index in [4.69, 9.17) is 0 Å². The van der Waals surface area contributed by atoms with E-state index in [0.29, 0.717) is 0 Å². The molecular weight excluding hydrogens is 216 g/mol. The van der Waals surface area contributed by atoms with Crippen molar-refractivity contribution in [2.75, 3.05) is 11.6 Å². The topological polar surface area (TPSA) is 24.9 Å². The van der Waals surface area contributed by atoms with Gasteiger partial charge in [-0.3, -0.25) is 4.98 Å². The highest BCUT2D eigenvalue weighted by Crippen LogP contribution is 2.17. The minimum Gasteiger partial charge on any atom is -0.381 e. The Labute approximate surface area is 100 Å². The number of thioether (sulfide) groups is 1. The molecular formula is C13H14N2S. The van der Waals surface area contributed by atoms with Crippen LogP contribution in [0.3, 0.4) is 0 Å². The van der Waals surface area contributed by atoms with Gasteiger partial charge < -0.3 is 5.32 Å². The number of anilines is 1. The summed E-state index contributed by atoms with van der Waals surface area (Å²) in [4.78, 5) is 5.28. The number of aromatic nitrogens is 1. The van der Waals surface area contributed by atoms with Gasteiger partial charge in [-0.1, -0.05) is 0 Å². The van der Waals surface area contributed by atoms with Gasteiger partial charge >= 0.3 is 0 Å². The molecule has 0 saturated carbocycles. The summed E-state index contributed by atoms with van der Waals surface area (Å²) in [6, 6.07) is 12.5. The Morgan fingerprint density at radius 3 is 2.38 bits per heavy atom. The normalized spacial score (nSPS) is 10.1. The molecule has 0 spiro atoms. The van der Waals surface area contributed by atoms with Gasteiger partial charge in [-0.25, -0.2) is 0 Å². The van der Waals surface area contributed by atoms with Crippen molar-refractivity contribution < 1.29 is 0 Å². The van der Waals surface area contributed by atoms with Gasteiger partial charge in [0, 0.05) is 29.5 Å². The zero-order chi connectivity index (χ0) is 11.2. The molecule has 2 aromatic rings. The first-order chi connectivity index (χ1) is 7.88. The molecule has 1 aromatic heterocycles. The highest BCUT2D eigenvalue weighted by Gasteiger charge is 1.94. The molecule has 0 atom stereocenters. The smallest absolute Gasteiger partial charge is 0.0401 e. The molecule has 0 aliphatic rings. The summed E-state index contributed by atoms with van der Waals surface area (Å²) >= 11 is 1.76. The minimum absolute atomic E-state index is 0.834. The third kappa shape index (κ3) is 3.00. The zero-order valence-corrected chi connectivity index (χ0v) is 10.00. The van der Waals surface area contributed by atoms with Gasteiger partial charge in [0.25, 0.3) is 0 Å². The van der Waals surface area contributed by atoms with Gasteiger partial charge in [-0.15, -0.1) is 11.8 Å². The predicted octanol–water partition coefficient (Wildman–Crippen LogP) is 3.42. The number of rotatable bonds is 4. The second kappa shape index (κ2) is 5.56. The molecule has 0 radical (unpaired) electrons. The molecule has 16 heavy (non-hydrogen) atoms. The summed E-state index contributed by atoms with van der Waals surface area (Å²) in [5.41, 5.74) is 2.39. The summed E-state index contributed by atoms with van der Waals surface area (Å²) in [5, 5.41) is 3.38. The maximum Gasteiger partial charge on any atom is 0.0401 e. The van der Waals surface area contributed by atoms with Crippen LogP contribution in [-0.4, -0.2) is 11.2 Å². The average molecular weight is 230 g/mol. The summed E-state index contributed by atoms with van der Waals surface area (Å²) in [6.07, 6.45) is 5.71. The van der Waals surface area contributed by atoms with E-state index in [-0.39, 0.29) is 0 Å². The van der Waals surface area contributed by atoms with Crippen LogP contribution in [0.2, 0.25) is 0 Å². The first-order valence-corrected chi connectivity index (χ1v) is 6.38. The minimum atomic E-state index is 0.834. The van der Waals surface area contributed by atoms with Gasteiger partial charge in [0.1, 0.15) is 0 Å². The Morgan fingerprint density at radius 2 is 1.75 bits per heavy atom. The Kier molecular flexibility index (Phi) is 3.83. The highest BCUT2D eigenvalue weighted by atomic mass is 32.2. The molecule has 1 heterocycles. The Hall–Kier alpha value is -1.48.